The number of aromatic nitrogens is 3. The van der Waals surface area contributed by atoms with Crippen LogP contribution in [0.5, 0.6) is 0 Å². The first-order valence-corrected chi connectivity index (χ1v) is 17.3. The van der Waals surface area contributed by atoms with Crippen molar-refractivity contribution in [3.05, 3.63) is 93.2 Å². The van der Waals surface area contributed by atoms with Gasteiger partial charge in [-0.15, -0.1) is 0 Å². The molecule has 0 bridgehead atoms. The molecule has 0 atom stereocenters. The lowest BCUT2D eigenvalue weighted by atomic mass is 9.81. The van der Waals surface area contributed by atoms with Crippen molar-refractivity contribution in [1.82, 2.24) is 25.2 Å². The molecule has 48 heavy (non-hydrogen) atoms. The van der Waals surface area contributed by atoms with E-state index in [9.17, 15) is 4.79 Å². The molecule has 1 fully saturated rings. The molecule has 10 nitrogen and oxygen atoms in total. The summed E-state index contributed by atoms with van der Waals surface area (Å²) in [5.74, 6) is 0.841. The smallest absolute Gasteiger partial charge is 0.354 e. The van der Waals surface area contributed by atoms with Crippen LogP contribution in [-0.4, -0.2) is 53.2 Å². The summed E-state index contributed by atoms with van der Waals surface area (Å²) in [6.07, 6.45) is 6.19. The summed E-state index contributed by atoms with van der Waals surface area (Å²) in [7, 11) is 0. The number of hydrogen-bond acceptors (Lipinski definition) is 6. The maximum absolute atomic E-state index is 12.5. The van der Waals surface area contributed by atoms with E-state index in [-0.39, 0.29) is 22.5 Å². The average Bonchev–Trinajstić information content (AvgIpc) is 3.42. The summed E-state index contributed by atoms with van der Waals surface area (Å²) in [4.78, 5) is 23.9. The highest BCUT2D eigenvalue weighted by Crippen LogP contribution is 2.30. The zero-order valence-electron chi connectivity index (χ0n) is 29.8. The van der Waals surface area contributed by atoms with Crippen LogP contribution >= 0.6 is 0 Å². The van der Waals surface area contributed by atoms with Crippen molar-refractivity contribution in [2.24, 2.45) is 22.2 Å². The Labute approximate surface area is 286 Å². The molecule has 0 amide bonds. The summed E-state index contributed by atoms with van der Waals surface area (Å²) in [5.41, 5.74) is 24.2. The van der Waals surface area contributed by atoms with Gasteiger partial charge in [-0.05, 0) is 84.6 Å². The van der Waals surface area contributed by atoms with E-state index in [0.717, 1.165) is 80.2 Å². The van der Waals surface area contributed by atoms with Gasteiger partial charge in [0.15, 0.2) is 5.96 Å². The molecule has 1 aliphatic rings. The molecule has 0 unspecified atom stereocenters. The van der Waals surface area contributed by atoms with E-state index in [0.29, 0.717) is 12.2 Å². The standard InChI is InChI=1S/C21H29N7O.C17H28N2/c1-21(2,3)17-11-15-13-28(20(29)27-18(15)26-17)16-7-5-14(6-8-16)12-24-9-4-10-25-19(22)23;1-17(2,3)16-9-13(6-4-5-7-18)8-14(10-16)15-11-19-12-15/h5-8,11,13,24H,4,9-10,12H2,1-3H3,(H4,22,23,25)(H,26,27,29);8-10,15,19H,4-7,11-12,18H2,1-3H3. The van der Waals surface area contributed by atoms with Crippen molar-refractivity contribution >= 4 is 17.0 Å². The van der Waals surface area contributed by atoms with Crippen molar-refractivity contribution < 1.29 is 0 Å². The number of nitrogens with one attached hydrogen (secondary N) is 3. The van der Waals surface area contributed by atoms with Gasteiger partial charge in [0.05, 0.1) is 5.69 Å². The van der Waals surface area contributed by atoms with E-state index in [1.165, 1.54) is 23.1 Å². The number of H-pyrrole nitrogens is 1. The fraction of sp³-hybridized carbons (Fsp3) is 0.500. The maximum atomic E-state index is 12.5. The van der Waals surface area contributed by atoms with Gasteiger partial charge < -0.3 is 32.8 Å². The van der Waals surface area contributed by atoms with Crippen molar-refractivity contribution in [3.8, 4) is 5.69 Å². The lowest BCUT2D eigenvalue weighted by Gasteiger charge is -2.30. The van der Waals surface area contributed by atoms with E-state index in [2.05, 4.69) is 91.4 Å². The topological polar surface area (TPSA) is 165 Å². The van der Waals surface area contributed by atoms with Crippen LogP contribution < -0.4 is 33.5 Å². The zero-order chi connectivity index (χ0) is 34.9. The lowest BCUT2D eigenvalue weighted by Crippen LogP contribution is -2.40. The Hall–Kier alpha value is -3.99. The summed E-state index contributed by atoms with van der Waals surface area (Å²) in [6.45, 7) is 18.5. The SMILES string of the molecule is CC(C)(C)c1cc(CCCCN)cc(C2CNC2)c1.CC(C)(C)c1cc2cn(-c3ccc(CNCCCN=C(N)N)cc3)c(=O)nc2[nH]1. The molecule has 2 aromatic heterocycles. The maximum Gasteiger partial charge on any atom is 0.354 e. The minimum absolute atomic E-state index is 0.0352. The molecule has 2 aromatic carbocycles. The number of aryl methyl sites for hydroxylation is 1. The Morgan fingerprint density at radius 2 is 1.69 bits per heavy atom. The predicted molar refractivity (Wildman–Crippen MR) is 200 cm³/mol. The van der Waals surface area contributed by atoms with Gasteiger partial charge in [-0.3, -0.25) is 9.56 Å². The highest BCUT2D eigenvalue weighted by molar-refractivity contribution is 5.76. The van der Waals surface area contributed by atoms with Gasteiger partial charge >= 0.3 is 5.69 Å². The second-order valence-corrected chi connectivity index (χ2v) is 14.9. The fourth-order valence-corrected chi connectivity index (χ4v) is 5.53. The van der Waals surface area contributed by atoms with Gasteiger partial charge in [-0.2, -0.15) is 4.98 Å². The van der Waals surface area contributed by atoms with Crippen molar-refractivity contribution in [2.45, 2.75) is 90.5 Å². The number of benzene rings is 2. The van der Waals surface area contributed by atoms with E-state index in [1.807, 2.05) is 30.5 Å². The van der Waals surface area contributed by atoms with Crippen LogP contribution in [0.15, 0.2) is 64.5 Å². The molecule has 0 radical (unpaired) electrons. The number of guanidine groups is 1. The first-order valence-electron chi connectivity index (χ1n) is 17.3. The third-order valence-electron chi connectivity index (χ3n) is 8.72. The molecule has 10 heteroatoms. The number of unbranched alkanes of at least 4 members (excludes halogenated alkanes) is 1. The number of aromatic amines is 1. The molecule has 0 spiro atoms. The normalized spacial score (nSPS) is 13.6. The second-order valence-electron chi connectivity index (χ2n) is 14.9. The first kappa shape index (κ1) is 36.8. The van der Waals surface area contributed by atoms with Gasteiger partial charge in [-0.1, -0.05) is 71.9 Å². The number of rotatable bonds is 12. The Bertz CT molecular complexity index is 1700. The molecule has 1 saturated heterocycles. The van der Waals surface area contributed by atoms with Crippen LogP contribution in [0.3, 0.4) is 0 Å². The fourth-order valence-electron chi connectivity index (χ4n) is 5.53. The number of fused-ring (bicyclic) bond motifs is 1. The highest BCUT2D eigenvalue weighted by atomic mass is 16.1. The lowest BCUT2D eigenvalue weighted by molar-refractivity contribution is 0.446. The molecule has 9 N–H and O–H groups in total. The average molecular weight is 656 g/mol. The van der Waals surface area contributed by atoms with Crippen LogP contribution in [0.2, 0.25) is 0 Å². The Morgan fingerprint density at radius 3 is 2.29 bits per heavy atom. The van der Waals surface area contributed by atoms with Crippen molar-refractivity contribution in [3.63, 3.8) is 0 Å². The molecule has 260 valence electrons. The summed E-state index contributed by atoms with van der Waals surface area (Å²) < 4.78 is 1.58. The van der Waals surface area contributed by atoms with Crippen LogP contribution in [0.4, 0.5) is 0 Å². The number of nitrogens with zero attached hydrogens (tertiary/aromatic N) is 3. The van der Waals surface area contributed by atoms with Gasteiger partial charge in [0, 0.05) is 54.8 Å². The molecule has 0 aliphatic carbocycles. The zero-order valence-corrected chi connectivity index (χ0v) is 29.8. The molecule has 1 aliphatic heterocycles. The third-order valence-corrected chi connectivity index (χ3v) is 8.72. The quantitative estimate of drug-likeness (QED) is 0.0730. The van der Waals surface area contributed by atoms with Gasteiger partial charge in [0.25, 0.3) is 0 Å². The van der Waals surface area contributed by atoms with Crippen LogP contribution in [0, 0.1) is 0 Å². The first-order chi connectivity index (χ1) is 22.7. The molecule has 4 aromatic rings. The van der Waals surface area contributed by atoms with Gasteiger partial charge in [0.2, 0.25) is 0 Å². The monoisotopic (exact) mass is 655 g/mol. The molecule has 0 saturated carbocycles. The summed E-state index contributed by atoms with van der Waals surface area (Å²) in [5, 5.41) is 7.64. The van der Waals surface area contributed by atoms with Crippen LogP contribution in [0.25, 0.3) is 16.7 Å². The Balaban J connectivity index is 0.000000237. The molecule has 5 rings (SSSR count). The van der Waals surface area contributed by atoms with E-state index < -0.39 is 0 Å². The summed E-state index contributed by atoms with van der Waals surface area (Å²) >= 11 is 0. The van der Waals surface area contributed by atoms with E-state index in [1.54, 1.807) is 4.57 Å². The van der Waals surface area contributed by atoms with Crippen LogP contribution in [-0.2, 0) is 23.8 Å². The second kappa shape index (κ2) is 16.4. The third kappa shape index (κ3) is 10.5. The van der Waals surface area contributed by atoms with Crippen molar-refractivity contribution in [2.75, 3.05) is 32.7 Å². The Morgan fingerprint density at radius 1 is 0.958 bits per heavy atom. The predicted octanol–water partition coefficient (Wildman–Crippen LogP) is 4.72. The summed E-state index contributed by atoms with van der Waals surface area (Å²) in [6, 6.07) is 17.2. The molecular formula is C38H57N9O. The minimum Gasteiger partial charge on any atom is -0.370 e. The minimum atomic E-state index is -0.301. The van der Waals surface area contributed by atoms with Crippen molar-refractivity contribution in [1.29, 1.82) is 0 Å². The Kier molecular flexibility index (Phi) is 12.6. The largest absolute Gasteiger partial charge is 0.370 e. The number of nitrogens with two attached hydrogens (primary N) is 3. The number of hydrogen-bond donors (Lipinski definition) is 6. The molecule has 3 heterocycles. The van der Waals surface area contributed by atoms with E-state index in [4.69, 9.17) is 17.2 Å². The highest BCUT2D eigenvalue weighted by Gasteiger charge is 2.22. The van der Waals surface area contributed by atoms with E-state index >= 15 is 0 Å². The molecular weight excluding hydrogens is 598 g/mol. The van der Waals surface area contributed by atoms with Crippen LogP contribution in [0.1, 0.15) is 94.7 Å². The van der Waals surface area contributed by atoms with Gasteiger partial charge in [-0.25, -0.2) is 4.79 Å². The van der Waals surface area contributed by atoms with Gasteiger partial charge in [0.1, 0.15) is 5.65 Å². The number of aliphatic imine (C=N–C) groups is 1.